The highest BCUT2D eigenvalue weighted by Crippen LogP contribution is 2.37. The fraction of sp³-hybridized carbons (Fsp3) is 0.167. The molecule has 0 atom stereocenters. The highest BCUT2D eigenvalue weighted by Gasteiger charge is 2.33. The number of halogens is 4. The second-order valence-corrected chi connectivity index (χ2v) is 10.4. The molecule has 0 unspecified atom stereocenters. The lowest BCUT2D eigenvalue weighted by molar-refractivity contribution is -0.137. The van der Waals surface area contributed by atoms with Crippen LogP contribution in [0.4, 0.5) is 18.9 Å². The molecule has 0 saturated carbocycles. The Bertz CT molecular complexity index is 1420. The normalized spacial score (nSPS) is 12.0. The molecule has 0 spiro atoms. The quantitative estimate of drug-likeness (QED) is 0.147. The van der Waals surface area contributed by atoms with E-state index in [1.54, 1.807) is 18.2 Å². The zero-order valence-electron chi connectivity index (χ0n) is 20.8. The highest BCUT2D eigenvalue weighted by atomic mass is 35.5. The number of alkyl halides is 3. The van der Waals surface area contributed by atoms with Gasteiger partial charge in [-0.25, -0.2) is 4.99 Å². The molecule has 0 heterocycles. The molecule has 4 aromatic carbocycles. The number of rotatable bonds is 6. The van der Waals surface area contributed by atoms with Crippen LogP contribution < -0.4 is 0 Å². The number of amidine groups is 1. The maximum absolute atomic E-state index is 13.6. The summed E-state index contributed by atoms with van der Waals surface area (Å²) in [5.41, 5.74) is 3.27. The summed E-state index contributed by atoms with van der Waals surface area (Å²) in [6, 6.07) is 26.5. The number of aliphatic imine (C=N–C) groups is 1. The Labute approximate surface area is 229 Å². The van der Waals surface area contributed by atoms with Crippen LogP contribution in [-0.4, -0.2) is 15.2 Å². The van der Waals surface area contributed by atoms with Gasteiger partial charge in [-0.05, 0) is 67.4 Å². The molecule has 0 fully saturated rings. The predicted octanol–water partition coefficient (Wildman–Crippen LogP) is 9.16. The van der Waals surface area contributed by atoms with Gasteiger partial charge in [0.1, 0.15) is 5.75 Å². The van der Waals surface area contributed by atoms with Crippen molar-refractivity contribution < 1.29 is 18.3 Å². The lowest BCUT2D eigenvalue weighted by atomic mass is 10.1. The summed E-state index contributed by atoms with van der Waals surface area (Å²) in [7, 11) is 0. The molecule has 0 saturated heterocycles. The maximum Gasteiger partial charge on any atom is 0.417 e. The first-order valence-corrected chi connectivity index (χ1v) is 13.0. The number of benzene rings is 4. The SMILES string of the molecule is Cc1ccc(CN(Cc2cccc(O)c2)C(=Nc2ccc(Cl)c(C(F)(F)F)c2)Sc2ccc(C)cc2)cc1. The number of thioether (sulfide) groups is 1. The first-order chi connectivity index (χ1) is 18.1. The van der Waals surface area contributed by atoms with Gasteiger partial charge in [-0.15, -0.1) is 0 Å². The van der Waals surface area contributed by atoms with E-state index in [4.69, 9.17) is 16.6 Å². The van der Waals surface area contributed by atoms with Crippen LogP contribution in [0.1, 0.15) is 27.8 Å². The minimum atomic E-state index is -4.60. The molecule has 0 bridgehead atoms. The summed E-state index contributed by atoms with van der Waals surface area (Å²) >= 11 is 7.22. The zero-order valence-corrected chi connectivity index (χ0v) is 22.4. The van der Waals surface area contributed by atoms with Crippen LogP contribution >= 0.6 is 23.4 Å². The van der Waals surface area contributed by atoms with Crippen molar-refractivity contribution in [3.8, 4) is 5.75 Å². The molecule has 0 aliphatic heterocycles. The van der Waals surface area contributed by atoms with Gasteiger partial charge in [-0.2, -0.15) is 13.2 Å². The summed E-state index contributed by atoms with van der Waals surface area (Å²) in [6.07, 6.45) is -4.60. The minimum Gasteiger partial charge on any atom is -0.508 e. The average molecular weight is 555 g/mol. The number of nitrogens with zero attached hydrogens (tertiary/aromatic N) is 2. The van der Waals surface area contributed by atoms with Crippen molar-refractivity contribution in [1.82, 2.24) is 4.90 Å². The van der Waals surface area contributed by atoms with Crippen molar-refractivity contribution in [3.05, 3.63) is 124 Å². The topological polar surface area (TPSA) is 35.8 Å². The lowest BCUT2D eigenvalue weighted by Gasteiger charge is -2.26. The fourth-order valence-electron chi connectivity index (χ4n) is 3.76. The van der Waals surface area contributed by atoms with Gasteiger partial charge in [-0.3, -0.25) is 0 Å². The molecule has 8 heteroatoms. The summed E-state index contributed by atoms with van der Waals surface area (Å²) in [5.74, 6) is 0.134. The molecule has 1 N–H and O–H groups in total. The Morgan fingerprint density at radius 1 is 0.842 bits per heavy atom. The van der Waals surface area contributed by atoms with Gasteiger partial charge >= 0.3 is 6.18 Å². The van der Waals surface area contributed by atoms with E-state index in [0.29, 0.717) is 18.3 Å². The van der Waals surface area contributed by atoms with Gasteiger partial charge in [0.25, 0.3) is 0 Å². The molecule has 0 radical (unpaired) electrons. The molecular formula is C30H26ClF3N2OS. The summed E-state index contributed by atoms with van der Waals surface area (Å²) in [4.78, 5) is 7.59. The first kappa shape index (κ1) is 27.6. The molecule has 4 rings (SSSR count). The summed E-state index contributed by atoms with van der Waals surface area (Å²) in [5, 5.41) is 10.2. The fourth-order valence-corrected chi connectivity index (χ4v) is 4.88. The van der Waals surface area contributed by atoms with Crippen molar-refractivity contribution in [2.45, 2.75) is 38.0 Å². The van der Waals surface area contributed by atoms with Crippen LogP contribution in [0, 0.1) is 13.8 Å². The third-order valence-corrected chi connectivity index (χ3v) is 7.13. The van der Waals surface area contributed by atoms with Gasteiger partial charge in [0.2, 0.25) is 0 Å². The van der Waals surface area contributed by atoms with Crippen molar-refractivity contribution >= 4 is 34.2 Å². The summed E-state index contributed by atoms with van der Waals surface area (Å²) < 4.78 is 40.7. The second-order valence-electron chi connectivity index (χ2n) is 8.98. The van der Waals surface area contributed by atoms with Crippen molar-refractivity contribution in [2.24, 2.45) is 4.99 Å². The number of phenolic OH excluding ortho intramolecular Hbond substituents is 1. The molecule has 0 amide bonds. The first-order valence-electron chi connectivity index (χ1n) is 11.9. The van der Waals surface area contributed by atoms with Gasteiger partial charge in [-0.1, -0.05) is 83.0 Å². The highest BCUT2D eigenvalue weighted by molar-refractivity contribution is 8.13. The van der Waals surface area contributed by atoms with Gasteiger partial charge in [0.15, 0.2) is 5.17 Å². The number of phenols is 1. The van der Waals surface area contributed by atoms with E-state index in [1.165, 1.54) is 23.9 Å². The summed E-state index contributed by atoms with van der Waals surface area (Å²) in [6.45, 7) is 4.82. The molecule has 4 aromatic rings. The van der Waals surface area contributed by atoms with E-state index in [2.05, 4.69) is 0 Å². The number of aryl methyl sites for hydroxylation is 2. The van der Waals surface area contributed by atoms with Crippen molar-refractivity contribution in [2.75, 3.05) is 0 Å². The molecule has 38 heavy (non-hydrogen) atoms. The van der Waals surface area contributed by atoms with E-state index in [1.807, 2.05) is 73.3 Å². The van der Waals surface area contributed by atoms with E-state index in [0.717, 1.165) is 33.2 Å². The Morgan fingerprint density at radius 3 is 2.11 bits per heavy atom. The average Bonchev–Trinajstić information content (AvgIpc) is 2.86. The van der Waals surface area contributed by atoms with Crippen LogP contribution in [0.15, 0.2) is 101 Å². The van der Waals surface area contributed by atoms with Crippen LogP contribution in [0.25, 0.3) is 0 Å². The Hall–Kier alpha value is -3.42. The molecule has 196 valence electrons. The van der Waals surface area contributed by atoms with Crippen molar-refractivity contribution in [1.29, 1.82) is 0 Å². The number of hydrogen-bond acceptors (Lipinski definition) is 3. The van der Waals surface area contributed by atoms with E-state index in [-0.39, 0.29) is 16.5 Å². The minimum absolute atomic E-state index is 0.134. The third kappa shape index (κ3) is 7.55. The third-order valence-electron chi connectivity index (χ3n) is 5.76. The molecule has 0 aliphatic rings. The predicted molar refractivity (Wildman–Crippen MR) is 149 cm³/mol. The van der Waals surface area contributed by atoms with Gasteiger partial charge in [0.05, 0.1) is 16.3 Å². The number of aromatic hydroxyl groups is 1. The van der Waals surface area contributed by atoms with Crippen molar-refractivity contribution in [3.63, 3.8) is 0 Å². The second kappa shape index (κ2) is 12.0. The Kier molecular flexibility index (Phi) is 8.69. The molecule has 0 aliphatic carbocycles. The largest absolute Gasteiger partial charge is 0.508 e. The number of hydrogen-bond donors (Lipinski definition) is 1. The van der Waals surface area contributed by atoms with Crippen LogP contribution in [0.2, 0.25) is 5.02 Å². The van der Waals surface area contributed by atoms with E-state index >= 15 is 0 Å². The molecule has 3 nitrogen and oxygen atoms in total. The van der Waals surface area contributed by atoms with Crippen LogP contribution in [-0.2, 0) is 19.3 Å². The zero-order chi connectivity index (χ0) is 27.3. The standard InChI is InChI=1S/C30H26ClF3N2OS/c1-20-6-10-22(11-7-20)18-36(19-23-4-3-5-25(37)16-23)29(38-26-13-8-21(2)9-14-26)35-24-12-15-28(31)27(17-24)30(32,33)34/h3-17,37H,18-19H2,1-2H3. The lowest BCUT2D eigenvalue weighted by Crippen LogP contribution is -2.28. The van der Waals surface area contributed by atoms with Gasteiger partial charge < -0.3 is 10.0 Å². The van der Waals surface area contributed by atoms with E-state index in [9.17, 15) is 18.3 Å². The monoisotopic (exact) mass is 554 g/mol. The molecule has 0 aromatic heterocycles. The molecular weight excluding hydrogens is 529 g/mol. The smallest absolute Gasteiger partial charge is 0.417 e. The van der Waals surface area contributed by atoms with E-state index < -0.39 is 11.7 Å². The maximum atomic E-state index is 13.6. The van der Waals surface area contributed by atoms with Gasteiger partial charge in [0, 0.05) is 18.0 Å². The Balaban J connectivity index is 1.81. The van der Waals surface area contributed by atoms with Crippen LogP contribution in [0.5, 0.6) is 5.75 Å². The van der Waals surface area contributed by atoms with Crippen LogP contribution in [0.3, 0.4) is 0 Å². The Morgan fingerprint density at radius 2 is 1.47 bits per heavy atom.